The van der Waals surface area contributed by atoms with Crippen molar-refractivity contribution in [2.24, 2.45) is 5.92 Å². The quantitative estimate of drug-likeness (QED) is 0.535. The number of halogens is 3. The standard InChI is InChI=1S/C9H9F3/c1-2-7-5-3-4-6-8(7)9(10,11)12/h2-4,6-7H,1,5H2. The van der Waals surface area contributed by atoms with Gasteiger partial charge in [0.15, 0.2) is 0 Å². The van der Waals surface area contributed by atoms with E-state index in [1.807, 2.05) is 0 Å². The van der Waals surface area contributed by atoms with E-state index < -0.39 is 17.7 Å². The van der Waals surface area contributed by atoms with Crippen LogP contribution in [0.15, 0.2) is 36.5 Å². The molecule has 0 aromatic carbocycles. The zero-order chi connectivity index (χ0) is 9.19. The van der Waals surface area contributed by atoms with Gasteiger partial charge < -0.3 is 0 Å². The van der Waals surface area contributed by atoms with Crippen molar-refractivity contribution in [2.75, 3.05) is 0 Å². The lowest BCUT2D eigenvalue weighted by Gasteiger charge is -2.20. The van der Waals surface area contributed by atoms with Gasteiger partial charge in [0.1, 0.15) is 0 Å². The lowest BCUT2D eigenvalue weighted by Crippen LogP contribution is -2.19. The number of allylic oxidation sites excluding steroid dienone is 5. The molecule has 66 valence electrons. The summed E-state index contributed by atoms with van der Waals surface area (Å²) in [4.78, 5) is 0. The average molecular weight is 174 g/mol. The van der Waals surface area contributed by atoms with Gasteiger partial charge >= 0.3 is 6.18 Å². The SMILES string of the molecule is C=CC1CC=CC=C1C(F)(F)F. The van der Waals surface area contributed by atoms with Gasteiger partial charge in [0.05, 0.1) is 0 Å². The summed E-state index contributed by atoms with van der Waals surface area (Å²) < 4.78 is 36.7. The van der Waals surface area contributed by atoms with Crippen LogP contribution in [0.3, 0.4) is 0 Å². The molecule has 0 aliphatic heterocycles. The Morgan fingerprint density at radius 2 is 2.17 bits per heavy atom. The van der Waals surface area contributed by atoms with Gasteiger partial charge in [-0.1, -0.05) is 24.3 Å². The molecule has 3 heteroatoms. The maximum Gasteiger partial charge on any atom is 0.413 e. The fourth-order valence-electron chi connectivity index (χ4n) is 1.18. The number of alkyl halides is 3. The molecule has 1 atom stereocenters. The van der Waals surface area contributed by atoms with Crippen molar-refractivity contribution in [1.82, 2.24) is 0 Å². The molecule has 0 saturated carbocycles. The highest BCUT2D eigenvalue weighted by Crippen LogP contribution is 2.35. The summed E-state index contributed by atoms with van der Waals surface area (Å²) in [5, 5.41) is 0. The molecule has 0 aromatic heterocycles. The zero-order valence-electron chi connectivity index (χ0n) is 6.43. The number of rotatable bonds is 1. The molecule has 0 radical (unpaired) electrons. The molecule has 0 saturated heterocycles. The molecular formula is C9H9F3. The third-order valence-electron chi connectivity index (χ3n) is 1.81. The summed E-state index contributed by atoms with van der Waals surface area (Å²) in [6.07, 6.45) is 1.77. The summed E-state index contributed by atoms with van der Waals surface area (Å²) in [5.41, 5.74) is -0.500. The molecule has 1 rings (SSSR count). The summed E-state index contributed by atoms with van der Waals surface area (Å²) >= 11 is 0. The Bertz CT molecular complexity index is 233. The monoisotopic (exact) mass is 174 g/mol. The summed E-state index contributed by atoms with van der Waals surface area (Å²) in [7, 11) is 0. The van der Waals surface area contributed by atoms with E-state index in [1.54, 1.807) is 6.08 Å². The van der Waals surface area contributed by atoms with Crippen LogP contribution in [0.5, 0.6) is 0 Å². The van der Waals surface area contributed by atoms with Crippen molar-refractivity contribution in [3.63, 3.8) is 0 Å². The Kier molecular flexibility index (Phi) is 2.40. The van der Waals surface area contributed by atoms with Gasteiger partial charge in [-0.05, 0) is 6.42 Å². The van der Waals surface area contributed by atoms with E-state index in [2.05, 4.69) is 6.58 Å². The van der Waals surface area contributed by atoms with E-state index in [1.165, 1.54) is 12.2 Å². The van der Waals surface area contributed by atoms with Crippen LogP contribution in [0.4, 0.5) is 13.2 Å². The predicted molar refractivity (Wildman–Crippen MR) is 41.6 cm³/mol. The normalized spacial score (nSPS) is 23.6. The first kappa shape index (κ1) is 9.10. The van der Waals surface area contributed by atoms with Gasteiger partial charge in [-0.2, -0.15) is 13.2 Å². The summed E-state index contributed by atoms with van der Waals surface area (Å²) in [5.74, 6) is -0.574. The minimum Gasteiger partial charge on any atom is -0.166 e. The van der Waals surface area contributed by atoms with E-state index in [0.717, 1.165) is 6.08 Å². The van der Waals surface area contributed by atoms with Crippen molar-refractivity contribution in [3.8, 4) is 0 Å². The second-order valence-corrected chi connectivity index (χ2v) is 2.63. The van der Waals surface area contributed by atoms with E-state index in [9.17, 15) is 13.2 Å². The molecule has 0 nitrogen and oxygen atoms in total. The first-order valence-electron chi connectivity index (χ1n) is 3.62. The Morgan fingerprint density at radius 1 is 1.50 bits per heavy atom. The third kappa shape index (κ3) is 1.78. The number of hydrogen-bond donors (Lipinski definition) is 0. The summed E-state index contributed by atoms with van der Waals surface area (Å²) in [6.45, 7) is 3.37. The fourth-order valence-corrected chi connectivity index (χ4v) is 1.18. The first-order valence-corrected chi connectivity index (χ1v) is 3.62. The molecule has 12 heavy (non-hydrogen) atoms. The van der Waals surface area contributed by atoms with Crippen molar-refractivity contribution in [2.45, 2.75) is 12.6 Å². The Morgan fingerprint density at radius 3 is 2.58 bits per heavy atom. The second-order valence-electron chi connectivity index (χ2n) is 2.63. The smallest absolute Gasteiger partial charge is 0.166 e. The van der Waals surface area contributed by atoms with Crippen LogP contribution in [0, 0.1) is 5.92 Å². The van der Waals surface area contributed by atoms with Gasteiger partial charge in [-0.15, -0.1) is 6.58 Å². The van der Waals surface area contributed by atoms with Crippen LogP contribution in [0.25, 0.3) is 0 Å². The first-order chi connectivity index (χ1) is 5.55. The molecule has 0 fully saturated rings. The van der Waals surface area contributed by atoms with E-state index in [4.69, 9.17) is 0 Å². The second kappa shape index (κ2) is 3.17. The van der Waals surface area contributed by atoms with Crippen LogP contribution in [-0.4, -0.2) is 6.18 Å². The van der Waals surface area contributed by atoms with Crippen molar-refractivity contribution in [3.05, 3.63) is 36.5 Å². The zero-order valence-corrected chi connectivity index (χ0v) is 6.43. The molecule has 1 aliphatic carbocycles. The highest BCUT2D eigenvalue weighted by atomic mass is 19.4. The van der Waals surface area contributed by atoms with Gasteiger partial charge in [0, 0.05) is 11.5 Å². The van der Waals surface area contributed by atoms with E-state index in [-0.39, 0.29) is 0 Å². The van der Waals surface area contributed by atoms with Crippen LogP contribution in [0.1, 0.15) is 6.42 Å². The molecule has 0 spiro atoms. The predicted octanol–water partition coefficient (Wildman–Crippen LogP) is 3.24. The molecule has 0 bridgehead atoms. The molecule has 0 aromatic rings. The van der Waals surface area contributed by atoms with Crippen LogP contribution in [0.2, 0.25) is 0 Å². The minimum atomic E-state index is -4.22. The largest absolute Gasteiger partial charge is 0.413 e. The molecular weight excluding hydrogens is 165 g/mol. The van der Waals surface area contributed by atoms with Crippen molar-refractivity contribution >= 4 is 0 Å². The topological polar surface area (TPSA) is 0 Å². The lowest BCUT2D eigenvalue weighted by atomic mass is 9.91. The van der Waals surface area contributed by atoms with Crippen LogP contribution < -0.4 is 0 Å². The Labute approximate surface area is 69.1 Å². The van der Waals surface area contributed by atoms with Crippen molar-refractivity contribution in [1.29, 1.82) is 0 Å². The number of hydrogen-bond acceptors (Lipinski definition) is 0. The minimum absolute atomic E-state index is 0.398. The van der Waals surface area contributed by atoms with Gasteiger partial charge in [0.25, 0.3) is 0 Å². The van der Waals surface area contributed by atoms with E-state index >= 15 is 0 Å². The highest BCUT2D eigenvalue weighted by molar-refractivity contribution is 5.27. The molecule has 1 aliphatic rings. The highest BCUT2D eigenvalue weighted by Gasteiger charge is 2.37. The summed E-state index contributed by atoms with van der Waals surface area (Å²) in [6, 6.07) is 0. The molecule has 1 unspecified atom stereocenters. The Hall–Kier alpha value is -0.990. The van der Waals surface area contributed by atoms with Gasteiger partial charge in [-0.25, -0.2) is 0 Å². The van der Waals surface area contributed by atoms with Crippen LogP contribution >= 0.6 is 0 Å². The fraction of sp³-hybridized carbons (Fsp3) is 0.333. The maximum absolute atomic E-state index is 12.2. The third-order valence-corrected chi connectivity index (χ3v) is 1.81. The maximum atomic E-state index is 12.2. The molecule has 0 amide bonds. The van der Waals surface area contributed by atoms with E-state index in [0.29, 0.717) is 6.42 Å². The van der Waals surface area contributed by atoms with Crippen molar-refractivity contribution < 1.29 is 13.2 Å². The molecule has 0 heterocycles. The Balaban J connectivity index is 2.91. The van der Waals surface area contributed by atoms with Gasteiger partial charge in [-0.3, -0.25) is 0 Å². The van der Waals surface area contributed by atoms with Gasteiger partial charge in [0.2, 0.25) is 0 Å². The van der Waals surface area contributed by atoms with Crippen LogP contribution in [-0.2, 0) is 0 Å². The average Bonchev–Trinajstić information content (AvgIpc) is 2.03. The molecule has 0 N–H and O–H groups in total. The lowest BCUT2D eigenvalue weighted by molar-refractivity contribution is -0.0972.